The minimum atomic E-state index is 0. The second-order valence-electron chi connectivity index (χ2n) is 7.76. The van der Waals surface area contributed by atoms with Crippen LogP contribution < -0.4 is 10.6 Å². The van der Waals surface area contributed by atoms with Crippen molar-refractivity contribution in [2.75, 3.05) is 26.2 Å². The van der Waals surface area contributed by atoms with Gasteiger partial charge < -0.3 is 19.9 Å². The van der Waals surface area contributed by atoms with Crippen LogP contribution in [-0.2, 0) is 18.3 Å². The van der Waals surface area contributed by atoms with E-state index >= 15 is 0 Å². The van der Waals surface area contributed by atoms with Crippen LogP contribution in [0.25, 0.3) is 0 Å². The summed E-state index contributed by atoms with van der Waals surface area (Å²) < 4.78 is 7.69. The van der Waals surface area contributed by atoms with Crippen molar-refractivity contribution < 1.29 is 4.74 Å². The SMILES string of the molecule is Cc1nnc(CN=C(NCCN(C(C)C)C(C)C)NCC2CCCO2)n1C.I. The topological polar surface area (TPSA) is 79.6 Å². The Hall–Kier alpha value is -0.940. The Morgan fingerprint density at radius 2 is 1.96 bits per heavy atom. The molecule has 1 aromatic rings. The molecular formula is C19H38IN7O. The monoisotopic (exact) mass is 507 g/mol. The number of rotatable bonds is 9. The lowest BCUT2D eigenvalue weighted by Crippen LogP contribution is -2.46. The smallest absolute Gasteiger partial charge is 0.191 e. The van der Waals surface area contributed by atoms with Gasteiger partial charge in [-0.1, -0.05) is 0 Å². The average molecular weight is 507 g/mol. The number of nitrogens with one attached hydrogen (secondary N) is 2. The van der Waals surface area contributed by atoms with Crippen molar-refractivity contribution in [1.82, 2.24) is 30.3 Å². The van der Waals surface area contributed by atoms with Gasteiger partial charge in [0.05, 0.1) is 6.10 Å². The molecule has 2 N–H and O–H groups in total. The molecule has 0 spiro atoms. The van der Waals surface area contributed by atoms with E-state index in [-0.39, 0.29) is 30.1 Å². The first-order valence-corrected chi connectivity index (χ1v) is 10.1. The largest absolute Gasteiger partial charge is 0.376 e. The third-order valence-electron chi connectivity index (χ3n) is 5.07. The summed E-state index contributed by atoms with van der Waals surface area (Å²) >= 11 is 0. The quantitative estimate of drug-likeness (QED) is 0.303. The number of hydrogen-bond acceptors (Lipinski definition) is 5. The van der Waals surface area contributed by atoms with Crippen molar-refractivity contribution in [3.8, 4) is 0 Å². The number of aliphatic imine (C=N–C) groups is 1. The van der Waals surface area contributed by atoms with Gasteiger partial charge in [0.15, 0.2) is 11.8 Å². The van der Waals surface area contributed by atoms with Gasteiger partial charge in [-0.15, -0.1) is 34.2 Å². The fourth-order valence-corrected chi connectivity index (χ4v) is 3.34. The van der Waals surface area contributed by atoms with E-state index in [1.165, 1.54) is 0 Å². The van der Waals surface area contributed by atoms with Crippen molar-refractivity contribution in [3.63, 3.8) is 0 Å². The van der Waals surface area contributed by atoms with Gasteiger partial charge in [-0.25, -0.2) is 4.99 Å². The zero-order valence-electron chi connectivity index (χ0n) is 18.2. The average Bonchev–Trinajstić information content (AvgIpc) is 3.24. The fraction of sp³-hybridized carbons (Fsp3) is 0.842. The number of ether oxygens (including phenoxy) is 1. The van der Waals surface area contributed by atoms with Crippen LogP contribution in [0, 0.1) is 6.92 Å². The van der Waals surface area contributed by atoms with E-state index in [1.807, 2.05) is 18.5 Å². The molecule has 2 rings (SSSR count). The van der Waals surface area contributed by atoms with Crippen molar-refractivity contribution in [2.45, 2.75) is 72.2 Å². The molecule has 8 nitrogen and oxygen atoms in total. The first kappa shape index (κ1) is 25.1. The summed E-state index contributed by atoms with van der Waals surface area (Å²) in [5, 5.41) is 15.2. The summed E-state index contributed by atoms with van der Waals surface area (Å²) in [5.74, 6) is 2.56. The normalized spacial score (nSPS) is 17.5. The van der Waals surface area contributed by atoms with Crippen molar-refractivity contribution >= 4 is 29.9 Å². The second-order valence-corrected chi connectivity index (χ2v) is 7.76. The van der Waals surface area contributed by atoms with Crippen LogP contribution in [0.5, 0.6) is 0 Å². The molecule has 0 saturated carbocycles. The first-order valence-electron chi connectivity index (χ1n) is 10.1. The Bertz CT molecular complexity index is 589. The summed E-state index contributed by atoms with van der Waals surface area (Å²) in [7, 11) is 1.97. The van der Waals surface area contributed by atoms with Crippen LogP contribution in [0.1, 0.15) is 52.2 Å². The predicted molar refractivity (Wildman–Crippen MR) is 124 cm³/mol. The van der Waals surface area contributed by atoms with Gasteiger partial charge >= 0.3 is 0 Å². The molecule has 0 aromatic carbocycles. The molecule has 0 amide bonds. The Balaban J connectivity index is 0.00000392. The molecule has 162 valence electrons. The maximum atomic E-state index is 5.71. The Morgan fingerprint density at radius 3 is 2.50 bits per heavy atom. The third kappa shape index (κ3) is 7.82. The van der Waals surface area contributed by atoms with Crippen LogP contribution in [0.3, 0.4) is 0 Å². The van der Waals surface area contributed by atoms with Crippen molar-refractivity contribution in [2.24, 2.45) is 12.0 Å². The van der Waals surface area contributed by atoms with Crippen LogP contribution in [-0.4, -0.2) is 70.1 Å². The van der Waals surface area contributed by atoms with E-state index in [2.05, 4.69) is 53.4 Å². The Morgan fingerprint density at radius 1 is 1.25 bits per heavy atom. The Labute approximate surface area is 186 Å². The molecule has 1 atom stereocenters. The highest BCUT2D eigenvalue weighted by Crippen LogP contribution is 2.10. The minimum absolute atomic E-state index is 0. The van der Waals surface area contributed by atoms with Gasteiger partial charge in [-0.2, -0.15) is 0 Å². The number of aryl methyl sites for hydroxylation is 1. The van der Waals surface area contributed by atoms with E-state index < -0.39 is 0 Å². The Kier molecular flexibility index (Phi) is 11.3. The molecule has 0 radical (unpaired) electrons. The predicted octanol–water partition coefficient (Wildman–Crippen LogP) is 2.07. The van der Waals surface area contributed by atoms with Crippen molar-refractivity contribution in [3.05, 3.63) is 11.6 Å². The van der Waals surface area contributed by atoms with Gasteiger partial charge in [-0.05, 0) is 47.5 Å². The second kappa shape index (κ2) is 12.6. The van der Waals surface area contributed by atoms with Crippen molar-refractivity contribution in [1.29, 1.82) is 0 Å². The zero-order valence-corrected chi connectivity index (χ0v) is 20.6. The minimum Gasteiger partial charge on any atom is -0.376 e. The molecule has 28 heavy (non-hydrogen) atoms. The van der Waals surface area contributed by atoms with Gasteiger partial charge in [0, 0.05) is 45.4 Å². The molecule has 1 unspecified atom stereocenters. The molecular weight excluding hydrogens is 469 g/mol. The molecule has 1 aliphatic heterocycles. The van der Waals surface area contributed by atoms with Crippen LogP contribution in [0.2, 0.25) is 0 Å². The molecule has 0 bridgehead atoms. The highest BCUT2D eigenvalue weighted by atomic mass is 127. The maximum absolute atomic E-state index is 5.71. The van der Waals surface area contributed by atoms with Crippen LogP contribution >= 0.6 is 24.0 Å². The molecule has 0 aliphatic carbocycles. The first-order chi connectivity index (χ1) is 12.9. The third-order valence-corrected chi connectivity index (χ3v) is 5.07. The number of guanidine groups is 1. The summed E-state index contributed by atoms with van der Waals surface area (Å²) in [6.07, 6.45) is 2.52. The van der Waals surface area contributed by atoms with Crippen LogP contribution in [0.15, 0.2) is 4.99 Å². The lowest BCUT2D eigenvalue weighted by Gasteiger charge is -2.30. The summed E-state index contributed by atoms with van der Waals surface area (Å²) in [4.78, 5) is 7.18. The molecule has 1 fully saturated rings. The van der Waals surface area contributed by atoms with E-state index in [0.717, 1.165) is 56.7 Å². The van der Waals surface area contributed by atoms with E-state index in [1.54, 1.807) is 0 Å². The molecule has 1 aliphatic rings. The fourth-order valence-electron chi connectivity index (χ4n) is 3.34. The van der Waals surface area contributed by atoms with E-state index in [9.17, 15) is 0 Å². The summed E-state index contributed by atoms with van der Waals surface area (Å²) in [6.45, 7) is 14.8. The van der Waals surface area contributed by atoms with Gasteiger partial charge in [0.1, 0.15) is 12.4 Å². The molecule has 1 aromatic heterocycles. The van der Waals surface area contributed by atoms with Crippen LogP contribution in [0.4, 0.5) is 0 Å². The van der Waals surface area contributed by atoms with Gasteiger partial charge in [0.2, 0.25) is 0 Å². The van der Waals surface area contributed by atoms with Gasteiger partial charge in [-0.3, -0.25) is 4.90 Å². The molecule has 1 saturated heterocycles. The zero-order chi connectivity index (χ0) is 19.8. The number of nitrogens with zero attached hydrogens (tertiary/aromatic N) is 5. The maximum Gasteiger partial charge on any atom is 0.191 e. The standard InChI is InChI=1S/C19H37N7O.HI/c1-14(2)26(15(3)4)10-9-20-19(21-12-17-8-7-11-27-17)22-13-18-24-23-16(5)25(18)6;/h14-15,17H,7-13H2,1-6H3,(H2,20,21,22);1H. The highest BCUT2D eigenvalue weighted by molar-refractivity contribution is 14.0. The highest BCUT2D eigenvalue weighted by Gasteiger charge is 2.16. The summed E-state index contributed by atoms with van der Waals surface area (Å²) in [6, 6.07) is 1.04. The van der Waals surface area contributed by atoms with E-state index in [4.69, 9.17) is 9.73 Å². The lowest BCUT2D eigenvalue weighted by atomic mass is 10.2. The molecule has 2 heterocycles. The number of aromatic nitrogens is 3. The van der Waals surface area contributed by atoms with E-state index in [0.29, 0.717) is 18.6 Å². The molecule has 9 heteroatoms. The number of halogens is 1. The summed E-state index contributed by atoms with van der Waals surface area (Å²) in [5.41, 5.74) is 0. The lowest BCUT2D eigenvalue weighted by molar-refractivity contribution is 0.113. The number of hydrogen-bond donors (Lipinski definition) is 2. The van der Waals surface area contributed by atoms with Gasteiger partial charge in [0.25, 0.3) is 0 Å².